The second-order valence-corrected chi connectivity index (χ2v) is 7.41. The average molecular weight is 382 g/mol. The number of morpholine rings is 1. The van der Waals surface area contributed by atoms with Crippen molar-refractivity contribution in [1.82, 2.24) is 14.9 Å². The van der Waals surface area contributed by atoms with E-state index in [1.807, 2.05) is 11.8 Å². The van der Waals surface area contributed by atoms with Crippen molar-refractivity contribution in [2.75, 3.05) is 44.3 Å². The SMILES string of the molecule is Cc1nc([C@@H]2CCCN(C(=O)c3ccccc3O)C2)cc(N2CCOCC2)n1. The minimum absolute atomic E-state index is 0.0297. The van der Waals surface area contributed by atoms with Gasteiger partial charge in [-0.2, -0.15) is 0 Å². The van der Waals surface area contributed by atoms with Gasteiger partial charge >= 0.3 is 0 Å². The number of anilines is 1. The molecule has 0 bridgehead atoms. The van der Waals surface area contributed by atoms with Crippen LogP contribution in [0.5, 0.6) is 5.75 Å². The normalized spacial score (nSPS) is 20.2. The first-order valence-corrected chi connectivity index (χ1v) is 9.87. The summed E-state index contributed by atoms with van der Waals surface area (Å²) < 4.78 is 5.44. The van der Waals surface area contributed by atoms with E-state index in [0.717, 1.165) is 43.3 Å². The van der Waals surface area contributed by atoms with E-state index >= 15 is 0 Å². The predicted molar refractivity (Wildman–Crippen MR) is 106 cm³/mol. The third kappa shape index (κ3) is 3.94. The molecule has 0 radical (unpaired) electrons. The van der Waals surface area contributed by atoms with Crippen molar-refractivity contribution < 1.29 is 14.6 Å². The lowest BCUT2D eigenvalue weighted by Crippen LogP contribution is -2.40. The molecule has 7 nitrogen and oxygen atoms in total. The number of para-hydroxylation sites is 1. The maximum absolute atomic E-state index is 12.9. The number of amides is 1. The van der Waals surface area contributed by atoms with Crippen molar-refractivity contribution in [3.63, 3.8) is 0 Å². The van der Waals surface area contributed by atoms with Gasteiger partial charge in [-0.05, 0) is 31.9 Å². The predicted octanol–water partition coefficient (Wildman–Crippen LogP) is 2.35. The largest absolute Gasteiger partial charge is 0.507 e. The molecule has 1 aromatic heterocycles. The van der Waals surface area contributed by atoms with Crippen molar-refractivity contribution in [3.8, 4) is 5.75 Å². The Morgan fingerprint density at radius 1 is 1.18 bits per heavy atom. The summed E-state index contributed by atoms with van der Waals surface area (Å²) in [6, 6.07) is 8.79. The van der Waals surface area contributed by atoms with E-state index in [-0.39, 0.29) is 17.6 Å². The number of aromatic hydroxyl groups is 1. The molecule has 148 valence electrons. The molecule has 1 atom stereocenters. The number of hydrogen-bond acceptors (Lipinski definition) is 6. The molecule has 0 aliphatic carbocycles. The highest BCUT2D eigenvalue weighted by Crippen LogP contribution is 2.29. The maximum atomic E-state index is 12.9. The molecular formula is C21H26N4O3. The quantitative estimate of drug-likeness (QED) is 0.878. The summed E-state index contributed by atoms with van der Waals surface area (Å²) in [5, 5.41) is 10.0. The summed E-state index contributed by atoms with van der Waals surface area (Å²) in [4.78, 5) is 26.2. The fraction of sp³-hybridized carbons (Fsp3) is 0.476. The highest BCUT2D eigenvalue weighted by Gasteiger charge is 2.28. The van der Waals surface area contributed by atoms with Crippen LogP contribution in [-0.2, 0) is 4.74 Å². The molecule has 7 heteroatoms. The highest BCUT2D eigenvalue weighted by atomic mass is 16.5. The Balaban J connectivity index is 1.54. The van der Waals surface area contributed by atoms with Gasteiger partial charge in [0.15, 0.2) is 0 Å². The van der Waals surface area contributed by atoms with Crippen LogP contribution in [0.2, 0.25) is 0 Å². The lowest BCUT2D eigenvalue weighted by atomic mass is 9.93. The Bertz CT molecular complexity index is 851. The average Bonchev–Trinajstić information content (AvgIpc) is 2.74. The van der Waals surface area contributed by atoms with Crippen LogP contribution in [0.4, 0.5) is 5.82 Å². The topological polar surface area (TPSA) is 78.8 Å². The van der Waals surface area contributed by atoms with Crippen molar-refractivity contribution in [2.24, 2.45) is 0 Å². The number of carbonyl (C=O) groups excluding carboxylic acids is 1. The van der Waals surface area contributed by atoms with E-state index in [9.17, 15) is 9.90 Å². The van der Waals surface area contributed by atoms with Gasteiger partial charge in [0.25, 0.3) is 5.91 Å². The second-order valence-electron chi connectivity index (χ2n) is 7.41. The van der Waals surface area contributed by atoms with Gasteiger partial charge in [-0.1, -0.05) is 12.1 Å². The van der Waals surface area contributed by atoms with Gasteiger partial charge in [-0.15, -0.1) is 0 Å². The summed E-state index contributed by atoms with van der Waals surface area (Å²) in [5.41, 5.74) is 1.35. The van der Waals surface area contributed by atoms with Crippen LogP contribution < -0.4 is 4.90 Å². The first-order chi connectivity index (χ1) is 13.6. The molecule has 4 rings (SSSR count). The smallest absolute Gasteiger partial charge is 0.257 e. The van der Waals surface area contributed by atoms with Crippen molar-refractivity contribution >= 4 is 11.7 Å². The van der Waals surface area contributed by atoms with Gasteiger partial charge in [0.2, 0.25) is 0 Å². The lowest BCUT2D eigenvalue weighted by molar-refractivity contribution is 0.0702. The minimum atomic E-state index is -0.123. The van der Waals surface area contributed by atoms with E-state index in [1.54, 1.807) is 24.3 Å². The van der Waals surface area contributed by atoms with Crippen molar-refractivity contribution in [2.45, 2.75) is 25.7 Å². The highest BCUT2D eigenvalue weighted by molar-refractivity contribution is 5.96. The number of phenolic OH excluding ortho intramolecular Hbond substituents is 1. The van der Waals surface area contributed by atoms with E-state index in [1.165, 1.54) is 0 Å². The third-order valence-electron chi connectivity index (χ3n) is 5.44. The summed E-state index contributed by atoms with van der Waals surface area (Å²) in [6.07, 6.45) is 1.91. The van der Waals surface area contributed by atoms with Crippen LogP contribution in [0.25, 0.3) is 0 Å². The van der Waals surface area contributed by atoms with E-state index in [2.05, 4.69) is 20.9 Å². The molecule has 1 N–H and O–H groups in total. The van der Waals surface area contributed by atoms with E-state index in [0.29, 0.717) is 31.9 Å². The molecule has 0 saturated carbocycles. The molecule has 2 aliphatic heterocycles. The summed E-state index contributed by atoms with van der Waals surface area (Å²) in [5.74, 6) is 1.77. The number of aromatic nitrogens is 2. The minimum Gasteiger partial charge on any atom is -0.507 e. The lowest BCUT2D eigenvalue weighted by Gasteiger charge is -2.33. The van der Waals surface area contributed by atoms with Crippen LogP contribution in [0, 0.1) is 6.92 Å². The number of nitrogens with zero attached hydrogens (tertiary/aromatic N) is 4. The van der Waals surface area contributed by atoms with Crippen LogP contribution in [-0.4, -0.2) is 65.3 Å². The Hall–Kier alpha value is -2.67. The summed E-state index contributed by atoms with van der Waals surface area (Å²) in [6.45, 7) is 6.31. The van der Waals surface area contributed by atoms with E-state index < -0.39 is 0 Å². The fourth-order valence-electron chi connectivity index (χ4n) is 3.97. The first kappa shape index (κ1) is 18.7. The number of aryl methyl sites for hydroxylation is 1. The molecule has 28 heavy (non-hydrogen) atoms. The number of rotatable bonds is 3. The molecule has 2 fully saturated rings. The van der Waals surface area contributed by atoms with Gasteiger partial charge in [-0.25, -0.2) is 9.97 Å². The standard InChI is InChI=1S/C21H26N4O3/c1-15-22-18(13-20(23-15)24-9-11-28-12-10-24)16-5-4-8-25(14-16)21(27)17-6-2-3-7-19(17)26/h2-3,6-7,13,16,26H,4-5,8-12,14H2,1H3/t16-/m1/s1. The van der Waals surface area contributed by atoms with Gasteiger partial charge in [-0.3, -0.25) is 4.79 Å². The van der Waals surface area contributed by atoms with Crippen LogP contribution in [0.15, 0.2) is 30.3 Å². The zero-order valence-electron chi connectivity index (χ0n) is 16.2. The molecule has 2 saturated heterocycles. The molecular weight excluding hydrogens is 356 g/mol. The molecule has 0 spiro atoms. The number of phenols is 1. The summed E-state index contributed by atoms with van der Waals surface area (Å²) >= 11 is 0. The molecule has 1 amide bonds. The zero-order valence-corrected chi connectivity index (χ0v) is 16.2. The number of ether oxygens (including phenoxy) is 1. The molecule has 0 unspecified atom stereocenters. The third-order valence-corrected chi connectivity index (χ3v) is 5.44. The number of likely N-dealkylation sites (tertiary alicyclic amines) is 1. The monoisotopic (exact) mass is 382 g/mol. The Morgan fingerprint density at radius 2 is 1.96 bits per heavy atom. The van der Waals surface area contributed by atoms with Crippen LogP contribution in [0.3, 0.4) is 0 Å². The van der Waals surface area contributed by atoms with Gasteiger partial charge in [0.05, 0.1) is 24.5 Å². The molecule has 2 aromatic rings. The van der Waals surface area contributed by atoms with Gasteiger partial charge < -0.3 is 19.6 Å². The Morgan fingerprint density at radius 3 is 2.75 bits per heavy atom. The van der Waals surface area contributed by atoms with Crippen molar-refractivity contribution in [1.29, 1.82) is 0 Å². The van der Waals surface area contributed by atoms with E-state index in [4.69, 9.17) is 4.74 Å². The molecule has 2 aliphatic rings. The first-order valence-electron chi connectivity index (χ1n) is 9.87. The van der Waals surface area contributed by atoms with Gasteiger partial charge in [0.1, 0.15) is 17.4 Å². The van der Waals surface area contributed by atoms with Crippen molar-refractivity contribution in [3.05, 3.63) is 47.4 Å². The maximum Gasteiger partial charge on any atom is 0.257 e. The van der Waals surface area contributed by atoms with Gasteiger partial charge in [0, 0.05) is 38.2 Å². The number of benzene rings is 1. The molecule has 3 heterocycles. The molecule has 1 aromatic carbocycles. The fourth-order valence-corrected chi connectivity index (χ4v) is 3.97. The van der Waals surface area contributed by atoms with Crippen LogP contribution in [0.1, 0.15) is 40.6 Å². The number of piperidine rings is 1. The Labute approximate surface area is 165 Å². The number of carbonyl (C=O) groups is 1. The Kier molecular flexibility index (Phi) is 5.43. The zero-order chi connectivity index (χ0) is 19.5. The summed E-state index contributed by atoms with van der Waals surface area (Å²) in [7, 11) is 0. The van der Waals surface area contributed by atoms with Crippen LogP contribution >= 0.6 is 0 Å². The number of hydrogen-bond donors (Lipinski definition) is 1. The second kappa shape index (κ2) is 8.14.